The molecule has 0 fully saturated rings. The van der Waals surface area contributed by atoms with Gasteiger partial charge in [-0.1, -0.05) is 6.58 Å². The van der Waals surface area contributed by atoms with Crippen LogP contribution in [0.1, 0.15) is 11.3 Å². The SMILES string of the molecule is C=Cc1c(/C=N\C)cnn1C. The molecule has 1 rings (SSSR count). The van der Waals surface area contributed by atoms with E-state index in [1.54, 1.807) is 30.2 Å². The second kappa shape index (κ2) is 3.14. The summed E-state index contributed by atoms with van der Waals surface area (Å²) in [5.41, 5.74) is 2.00. The molecule has 0 spiro atoms. The van der Waals surface area contributed by atoms with Gasteiger partial charge in [0, 0.05) is 25.9 Å². The standard InChI is InChI=1S/C8H11N3/c1-4-8-7(5-9-2)6-10-11(8)3/h4-6H,1H2,2-3H3/b9-5-. The first kappa shape index (κ1) is 7.72. The summed E-state index contributed by atoms with van der Waals surface area (Å²) in [7, 11) is 3.61. The van der Waals surface area contributed by atoms with Crippen molar-refractivity contribution >= 4 is 12.3 Å². The molecule has 0 aliphatic carbocycles. The second-order valence-corrected chi connectivity index (χ2v) is 2.20. The molecule has 1 heterocycles. The third kappa shape index (κ3) is 1.37. The molecular weight excluding hydrogens is 138 g/mol. The summed E-state index contributed by atoms with van der Waals surface area (Å²) in [6.07, 6.45) is 5.30. The molecule has 11 heavy (non-hydrogen) atoms. The van der Waals surface area contributed by atoms with Gasteiger partial charge in [0.2, 0.25) is 0 Å². The molecule has 0 N–H and O–H groups in total. The molecule has 0 atom stereocenters. The number of hydrogen-bond acceptors (Lipinski definition) is 2. The van der Waals surface area contributed by atoms with Gasteiger partial charge >= 0.3 is 0 Å². The summed E-state index contributed by atoms with van der Waals surface area (Å²) in [6, 6.07) is 0. The largest absolute Gasteiger partial charge is 0.296 e. The van der Waals surface area contributed by atoms with Crippen molar-refractivity contribution in [2.24, 2.45) is 12.0 Å². The molecule has 0 bridgehead atoms. The first-order chi connectivity index (χ1) is 5.29. The van der Waals surface area contributed by atoms with E-state index in [-0.39, 0.29) is 0 Å². The van der Waals surface area contributed by atoms with E-state index in [1.807, 2.05) is 7.05 Å². The molecule has 0 aliphatic rings. The monoisotopic (exact) mass is 149 g/mol. The molecule has 0 unspecified atom stereocenters. The molecule has 0 saturated heterocycles. The zero-order valence-electron chi connectivity index (χ0n) is 6.78. The van der Waals surface area contributed by atoms with Gasteiger partial charge in [0.05, 0.1) is 11.9 Å². The van der Waals surface area contributed by atoms with Crippen LogP contribution < -0.4 is 0 Å². The van der Waals surface area contributed by atoms with Gasteiger partial charge in [0.15, 0.2) is 0 Å². The average molecular weight is 149 g/mol. The Morgan fingerprint density at radius 1 is 1.73 bits per heavy atom. The maximum absolute atomic E-state index is 4.06. The first-order valence-electron chi connectivity index (χ1n) is 3.36. The van der Waals surface area contributed by atoms with E-state index in [1.165, 1.54) is 0 Å². The Kier molecular flexibility index (Phi) is 2.21. The van der Waals surface area contributed by atoms with Crippen molar-refractivity contribution in [3.8, 4) is 0 Å². The lowest BCUT2D eigenvalue weighted by molar-refractivity contribution is 0.760. The van der Waals surface area contributed by atoms with Gasteiger partial charge in [0.25, 0.3) is 0 Å². The number of aryl methyl sites for hydroxylation is 1. The highest BCUT2D eigenvalue weighted by Gasteiger charge is 2.00. The fraction of sp³-hybridized carbons (Fsp3) is 0.250. The lowest BCUT2D eigenvalue weighted by Gasteiger charge is -1.93. The molecule has 0 aliphatic heterocycles. The van der Waals surface area contributed by atoms with Crippen LogP contribution in [0.5, 0.6) is 0 Å². The number of aliphatic imine (C=N–C) groups is 1. The van der Waals surface area contributed by atoms with Crippen molar-refractivity contribution in [3.63, 3.8) is 0 Å². The van der Waals surface area contributed by atoms with Gasteiger partial charge in [-0.3, -0.25) is 9.67 Å². The number of hydrogen-bond donors (Lipinski definition) is 0. The van der Waals surface area contributed by atoms with Crippen LogP contribution >= 0.6 is 0 Å². The van der Waals surface area contributed by atoms with Crippen molar-refractivity contribution < 1.29 is 0 Å². The van der Waals surface area contributed by atoms with Gasteiger partial charge in [0.1, 0.15) is 0 Å². The Morgan fingerprint density at radius 3 is 3.00 bits per heavy atom. The Labute approximate surface area is 66.1 Å². The van der Waals surface area contributed by atoms with E-state index in [2.05, 4.69) is 16.7 Å². The zero-order valence-corrected chi connectivity index (χ0v) is 6.78. The minimum atomic E-state index is 0.996. The fourth-order valence-corrected chi connectivity index (χ4v) is 0.952. The van der Waals surface area contributed by atoms with E-state index in [9.17, 15) is 0 Å². The zero-order chi connectivity index (χ0) is 8.27. The molecule has 0 saturated carbocycles. The topological polar surface area (TPSA) is 30.2 Å². The highest BCUT2D eigenvalue weighted by molar-refractivity contribution is 5.83. The molecule has 3 nitrogen and oxygen atoms in total. The molecule has 0 amide bonds. The summed E-state index contributed by atoms with van der Waals surface area (Å²) in [4.78, 5) is 3.90. The summed E-state index contributed by atoms with van der Waals surface area (Å²) in [5.74, 6) is 0. The van der Waals surface area contributed by atoms with Gasteiger partial charge < -0.3 is 0 Å². The summed E-state index contributed by atoms with van der Waals surface area (Å²) >= 11 is 0. The van der Waals surface area contributed by atoms with Crippen LogP contribution in [0.2, 0.25) is 0 Å². The summed E-state index contributed by atoms with van der Waals surface area (Å²) in [6.45, 7) is 3.68. The average Bonchev–Trinajstić information content (AvgIpc) is 2.33. The molecule has 1 aromatic rings. The van der Waals surface area contributed by atoms with Gasteiger partial charge in [-0.25, -0.2) is 0 Å². The minimum Gasteiger partial charge on any atom is -0.296 e. The van der Waals surface area contributed by atoms with Crippen molar-refractivity contribution in [3.05, 3.63) is 24.0 Å². The fourth-order valence-electron chi connectivity index (χ4n) is 0.952. The van der Waals surface area contributed by atoms with Crippen LogP contribution in [0, 0.1) is 0 Å². The van der Waals surface area contributed by atoms with Crippen LogP contribution in [0.15, 0.2) is 17.8 Å². The van der Waals surface area contributed by atoms with E-state index in [0.717, 1.165) is 11.3 Å². The van der Waals surface area contributed by atoms with Crippen LogP contribution in [0.4, 0.5) is 0 Å². The van der Waals surface area contributed by atoms with Crippen LogP contribution in [-0.4, -0.2) is 23.0 Å². The molecule has 58 valence electrons. The maximum atomic E-state index is 4.06. The smallest absolute Gasteiger partial charge is 0.0688 e. The van der Waals surface area contributed by atoms with Crippen molar-refractivity contribution in [1.82, 2.24) is 9.78 Å². The van der Waals surface area contributed by atoms with Crippen molar-refractivity contribution in [2.75, 3.05) is 7.05 Å². The van der Waals surface area contributed by atoms with E-state index < -0.39 is 0 Å². The van der Waals surface area contributed by atoms with Crippen LogP contribution in [0.25, 0.3) is 6.08 Å². The number of aromatic nitrogens is 2. The van der Waals surface area contributed by atoms with Crippen molar-refractivity contribution in [1.29, 1.82) is 0 Å². The maximum Gasteiger partial charge on any atom is 0.0688 e. The number of nitrogens with zero attached hydrogens (tertiary/aromatic N) is 3. The highest BCUT2D eigenvalue weighted by atomic mass is 15.3. The predicted molar refractivity (Wildman–Crippen MR) is 46.8 cm³/mol. The van der Waals surface area contributed by atoms with Gasteiger partial charge in [-0.05, 0) is 6.08 Å². The third-order valence-corrected chi connectivity index (χ3v) is 1.48. The molecule has 3 heteroatoms. The predicted octanol–water partition coefficient (Wildman–Crippen LogP) is 1.11. The molecule has 0 radical (unpaired) electrons. The lowest BCUT2D eigenvalue weighted by atomic mass is 10.2. The first-order valence-corrected chi connectivity index (χ1v) is 3.36. The van der Waals surface area contributed by atoms with Crippen LogP contribution in [-0.2, 0) is 7.05 Å². The summed E-state index contributed by atoms with van der Waals surface area (Å²) < 4.78 is 1.77. The van der Waals surface area contributed by atoms with Gasteiger partial charge in [-0.2, -0.15) is 5.10 Å². The van der Waals surface area contributed by atoms with E-state index in [0.29, 0.717) is 0 Å². The third-order valence-electron chi connectivity index (χ3n) is 1.48. The Morgan fingerprint density at radius 2 is 2.45 bits per heavy atom. The van der Waals surface area contributed by atoms with E-state index >= 15 is 0 Å². The summed E-state index contributed by atoms with van der Waals surface area (Å²) in [5, 5.41) is 4.06. The Balaban J connectivity index is 3.15. The number of rotatable bonds is 2. The quantitative estimate of drug-likeness (QED) is 0.579. The molecular formula is C8H11N3. The van der Waals surface area contributed by atoms with Crippen LogP contribution in [0.3, 0.4) is 0 Å². The minimum absolute atomic E-state index is 0.996. The normalized spacial score (nSPS) is 10.7. The second-order valence-electron chi connectivity index (χ2n) is 2.20. The highest BCUT2D eigenvalue weighted by Crippen LogP contribution is 2.05. The van der Waals surface area contributed by atoms with Crippen molar-refractivity contribution in [2.45, 2.75) is 0 Å². The van der Waals surface area contributed by atoms with E-state index in [4.69, 9.17) is 0 Å². The van der Waals surface area contributed by atoms with Gasteiger partial charge in [-0.15, -0.1) is 0 Å². The Bertz CT molecular complexity index is 284. The molecule has 1 aromatic heterocycles. The lowest BCUT2D eigenvalue weighted by Crippen LogP contribution is -1.93. The molecule has 0 aromatic carbocycles. The Hall–Kier alpha value is -1.38.